The van der Waals surface area contributed by atoms with Crippen molar-refractivity contribution in [2.24, 2.45) is 4.99 Å². The molecule has 0 aliphatic carbocycles. The van der Waals surface area contributed by atoms with Crippen LogP contribution in [0.3, 0.4) is 0 Å². The van der Waals surface area contributed by atoms with Gasteiger partial charge in [0.25, 0.3) is 5.91 Å². The van der Waals surface area contributed by atoms with Gasteiger partial charge in [0.1, 0.15) is 0 Å². The van der Waals surface area contributed by atoms with Gasteiger partial charge >= 0.3 is 0 Å². The van der Waals surface area contributed by atoms with E-state index in [-0.39, 0.29) is 29.9 Å². The molecule has 0 bridgehead atoms. The quantitative estimate of drug-likeness (QED) is 0.214. The van der Waals surface area contributed by atoms with Gasteiger partial charge in [0, 0.05) is 53.5 Å². The summed E-state index contributed by atoms with van der Waals surface area (Å²) in [6.45, 7) is 3.51. The van der Waals surface area contributed by atoms with Gasteiger partial charge in [0.15, 0.2) is 5.96 Å². The molecule has 0 aliphatic heterocycles. The van der Waals surface area contributed by atoms with Crippen LogP contribution in [-0.2, 0) is 16.0 Å². The summed E-state index contributed by atoms with van der Waals surface area (Å²) >= 11 is 0. The van der Waals surface area contributed by atoms with E-state index in [2.05, 4.69) is 15.6 Å². The Bertz CT molecular complexity index is 550. The van der Waals surface area contributed by atoms with E-state index < -0.39 is 0 Å². The number of methoxy groups -OCH3 is 1. The maximum absolute atomic E-state index is 11.9. The number of nitrogens with one attached hydrogen (secondary N) is 2. The third kappa shape index (κ3) is 11.1. The minimum atomic E-state index is 0. The summed E-state index contributed by atoms with van der Waals surface area (Å²) in [7, 11) is 6.92. The molecule has 0 aromatic heterocycles. The number of hydrogen-bond donors (Lipinski definition) is 2. The van der Waals surface area contributed by atoms with Crippen molar-refractivity contribution in [3.8, 4) is 0 Å². The molecule has 0 unspecified atom stereocenters. The van der Waals surface area contributed by atoms with Crippen LogP contribution < -0.4 is 10.6 Å². The van der Waals surface area contributed by atoms with Crippen molar-refractivity contribution >= 4 is 35.8 Å². The summed E-state index contributed by atoms with van der Waals surface area (Å²) in [6, 6.07) is 7.60. The number of aliphatic imine (C=N–C) groups is 1. The highest BCUT2D eigenvalue weighted by molar-refractivity contribution is 14.0. The summed E-state index contributed by atoms with van der Waals surface area (Å²) in [4.78, 5) is 17.7. The third-order valence-electron chi connectivity index (χ3n) is 3.73. The molecule has 0 spiro atoms. The van der Waals surface area contributed by atoms with Crippen LogP contribution in [0.4, 0.5) is 0 Å². The van der Waals surface area contributed by atoms with Crippen LogP contribution in [0.1, 0.15) is 28.8 Å². The number of benzene rings is 1. The van der Waals surface area contributed by atoms with E-state index >= 15 is 0 Å². The summed E-state index contributed by atoms with van der Waals surface area (Å²) < 4.78 is 10.4. The highest BCUT2D eigenvalue weighted by atomic mass is 127. The molecule has 0 radical (unpaired) electrons. The van der Waals surface area contributed by atoms with Crippen LogP contribution in [0.15, 0.2) is 29.3 Å². The zero-order valence-corrected chi connectivity index (χ0v) is 19.1. The van der Waals surface area contributed by atoms with E-state index in [0.29, 0.717) is 25.3 Å². The average molecular weight is 492 g/mol. The summed E-state index contributed by atoms with van der Waals surface area (Å²) in [5, 5.41) is 6.56. The molecule has 27 heavy (non-hydrogen) atoms. The Labute approximate surface area is 179 Å². The first kappa shape index (κ1) is 25.6. The predicted molar refractivity (Wildman–Crippen MR) is 120 cm³/mol. The van der Waals surface area contributed by atoms with Gasteiger partial charge in [-0.25, -0.2) is 0 Å². The number of amides is 1. The van der Waals surface area contributed by atoms with Gasteiger partial charge < -0.3 is 25.0 Å². The number of nitrogens with zero attached hydrogens (tertiary/aromatic N) is 2. The molecule has 0 fully saturated rings. The average Bonchev–Trinajstić information content (AvgIpc) is 2.66. The standard InChI is InChI=1S/C19H32N4O3.HI/c1-20-19(21-11-5-6-12-26-14-13-25-4)22-15-16-7-9-17(10-8-16)18(24)23(2)3;/h7-10H,5-6,11-15H2,1-4H3,(H2,20,21,22);1H. The number of ether oxygens (including phenoxy) is 2. The Morgan fingerprint density at radius 2 is 1.78 bits per heavy atom. The molecule has 1 amide bonds. The number of halogens is 1. The van der Waals surface area contributed by atoms with E-state index in [1.54, 1.807) is 33.2 Å². The van der Waals surface area contributed by atoms with Crippen LogP contribution in [0, 0.1) is 0 Å². The molecule has 8 heteroatoms. The fourth-order valence-corrected chi connectivity index (χ4v) is 2.21. The van der Waals surface area contributed by atoms with Crippen molar-refractivity contribution in [2.75, 3.05) is 54.6 Å². The van der Waals surface area contributed by atoms with Gasteiger partial charge in [-0.15, -0.1) is 24.0 Å². The molecule has 1 rings (SSSR count). The number of unbranched alkanes of at least 4 members (excludes halogenated alkanes) is 1. The third-order valence-corrected chi connectivity index (χ3v) is 3.73. The van der Waals surface area contributed by atoms with E-state index in [1.165, 1.54) is 0 Å². The second-order valence-electron chi connectivity index (χ2n) is 6.06. The Kier molecular flexibility index (Phi) is 14.8. The van der Waals surface area contributed by atoms with Gasteiger partial charge in [-0.05, 0) is 30.5 Å². The Morgan fingerprint density at radius 3 is 2.37 bits per heavy atom. The molecule has 0 heterocycles. The fraction of sp³-hybridized carbons (Fsp3) is 0.579. The van der Waals surface area contributed by atoms with E-state index in [9.17, 15) is 4.79 Å². The topological polar surface area (TPSA) is 75.2 Å². The largest absolute Gasteiger partial charge is 0.382 e. The Hall–Kier alpha value is -1.39. The normalized spacial score (nSPS) is 10.9. The van der Waals surface area contributed by atoms with Crippen LogP contribution in [0.5, 0.6) is 0 Å². The van der Waals surface area contributed by atoms with Gasteiger partial charge in [-0.2, -0.15) is 0 Å². The maximum atomic E-state index is 11.9. The van der Waals surface area contributed by atoms with Gasteiger partial charge in [0.2, 0.25) is 0 Å². The molecule has 0 saturated heterocycles. The molecule has 7 nitrogen and oxygen atoms in total. The molecular formula is C19H33IN4O3. The molecule has 1 aromatic carbocycles. The first-order valence-electron chi connectivity index (χ1n) is 8.90. The lowest BCUT2D eigenvalue weighted by atomic mass is 10.1. The first-order valence-corrected chi connectivity index (χ1v) is 8.90. The van der Waals surface area contributed by atoms with Crippen molar-refractivity contribution in [2.45, 2.75) is 19.4 Å². The van der Waals surface area contributed by atoms with Gasteiger partial charge in [-0.3, -0.25) is 9.79 Å². The maximum Gasteiger partial charge on any atom is 0.253 e. The van der Waals surface area contributed by atoms with E-state index in [4.69, 9.17) is 9.47 Å². The number of hydrogen-bond acceptors (Lipinski definition) is 4. The summed E-state index contributed by atoms with van der Waals surface area (Å²) in [5.41, 5.74) is 1.78. The van der Waals surface area contributed by atoms with Crippen LogP contribution in [0.25, 0.3) is 0 Å². The molecule has 2 N–H and O–H groups in total. The van der Waals surface area contributed by atoms with Crippen molar-refractivity contribution in [3.05, 3.63) is 35.4 Å². The molecule has 0 saturated carbocycles. The highest BCUT2D eigenvalue weighted by Gasteiger charge is 2.07. The second kappa shape index (κ2) is 15.6. The monoisotopic (exact) mass is 492 g/mol. The van der Waals surface area contributed by atoms with Gasteiger partial charge in [-0.1, -0.05) is 12.1 Å². The SMILES string of the molecule is CN=C(NCCCCOCCOC)NCc1ccc(C(=O)N(C)C)cc1.I. The fourth-order valence-electron chi connectivity index (χ4n) is 2.21. The lowest BCUT2D eigenvalue weighted by Gasteiger charge is -2.13. The first-order chi connectivity index (χ1) is 12.6. The summed E-state index contributed by atoms with van der Waals surface area (Å²) in [6.07, 6.45) is 2.00. The van der Waals surface area contributed by atoms with Crippen molar-refractivity contribution in [1.82, 2.24) is 15.5 Å². The van der Waals surface area contributed by atoms with Crippen molar-refractivity contribution < 1.29 is 14.3 Å². The Balaban J connectivity index is 0.00000676. The smallest absolute Gasteiger partial charge is 0.253 e. The Morgan fingerprint density at radius 1 is 1.07 bits per heavy atom. The predicted octanol–water partition coefficient (Wildman–Crippen LogP) is 2.11. The van der Waals surface area contributed by atoms with Crippen LogP contribution in [0.2, 0.25) is 0 Å². The molecule has 0 aliphatic rings. The zero-order chi connectivity index (χ0) is 19.2. The van der Waals surface area contributed by atoms with E-state index in [0.717, 1.165) is 37.5 Å². The van der Waals surface area contributed by atoms with Gasteiger partial charge in [0.05, 0.1) is 13.2 Å². The highest BCUT2D eigenvalue weighted by Crippen LogP contribution is 2.06. The molecule has 154 valence electrons. The van der Waals surface area contributed by atoms with E-state index in [1.807, 2.05) is 24.3 Å². The minimum absolute atomic E-state index is 0. The number of carbonyl (C=O) groups is 1. The van der Waals surface area contributed by atoms with Crippen molar-refractivity contribution in [3.63, 3.8) is 0 Å². The second-order valence-corrected chi connectivity index (χ2v) is 6.06. The molecule has 1 aromatic rings. The lowest BCUT2D eigenvalue weighted by molar-refractivity contribution is 0.0689. The lowest BCUT2D eigenvalue weighted by Crippen LogP contribution is -2.37. The minimum Gasteiger partial charge on any atom is -0.382 e. The molecule has 0 atom stereocenters. The van der Waals surface area contributed by atoms with Crippen LogP contribution >= 0.6 is 24.0 Å². The summed E-state index contributed by atoms with van der Waals surface area (Å²) in [5.74, 6) is 0.770. The number of carbonyl (C=O) groups excluding carboxylic acids is 1. The zero-order valence-electron chi connectivity index (χ0n) is 16.8. The number of rotatable bonds is 11. The number of guanidine groups is 1. The van der Waals surface area contributed by atoms with Crippen LogP contribution in [-0.4, -0.2) is 71.4 Å². The molecular weight excluding hydrogens is 459 g/mol. The van der Waals surface area contributed by atoms with Crippen molar-refractivity contribution in [1.29, 1.82) is 0 Å².